The highest BCUT2D eigenvalue weighted by atomic mass is 16.5. The Bertz CT molecular complexity index is 331. The maximum Gasteiger partial charge on any atom is 0.0719 e. The molecule has 17 heavy (non-hydrogen) atoms. The Morgan fingerprint density at radius 3 is 2.94 bits per heavy atom. The minimum Gasteiger partial charge on any atom is -0.377 e. The van der Waals surface area contributed by atoms with E-state index in [2.05, 4.69) is 36.5 Å². The summed E-state index contributed by atoms with van der Waals surface area (Å²) in [6.45, 7) is 4.94. The molecule has 1 aromatic rings. The van der Waals surface area contributed by atoms with Crippen LogP contribution in [0.3, 0.4) is 0 Å². The van der Waals surface area contributed by atoms with Gasteiger partial charge < -0.3 is 10.1 Å². The molecular formula is C15H23NO. The first-order valence-corrected chi connectivity index (χ1v) is 6.72. The van der Waals surface area contributed by atoms with Crippen LogP contribution in [-0.4, -0.2) is 19.2 Å². The number of piperidine rings is 1. The predicted octanol–water partition coefficient (Wildman–Crippen LogP) is 3.04. The van der Waals surface area contributed by atoms with Crippen LogP contribution in [-0.2, 0) is 11.3 Å². The Labute approximate surface area is 104 Å². The van der Waals surface area contributed by atoms with E-state index in [4.69, 9.17) is 4.74 Å². The second-order valence-corrected chi connectivity index (χ2v) is 4.91. The average molecular weight is 233 g/mol. The Morgan fingerprint density at radius 2 is 2.18 bits per heavy atom. The molecule has 2 rings (SSSR count). The highest BCUT2D eigenvalue weighted by Gasteiger charge is 2.11. The van der Waals surface area contributed by atoms with E-state index in [1.54, 1.807) is 0 Å². The smallest absolute Gasteiger partial charge is 0.0719 e. The van der Waals surface area contributed by atoms with Crippen molar-refractivity contribution >= 4 is 0 Å². The number of hydrogen-bond acceptors (Lipinski definition) is 2. The van der Waals surface area contributed by atoms with Gasteiger partial charge in [-0.05, 0) is 43.9 Å². The van der Waals surface area contributed by atoms with E-state index in [9.17, 15) is 0 Å². The molecule has 0 aromatic heterocycles. The minimum absolute atomic E-state index is 0.681. The summed E-state index contributed by atoms with van der Waals surface area (Å²) in [4.78, 5) is 0. The van der Waals surface area contributed by atoms with Crippen molar-refractivity contribution in [1.82, 2.24) is 5.32 Å². The Morgan fingerprint density at radius 1 is 1.29 bits per heavy atom. The number of ether oxygens (including phenoxy) is 1. The quantitative estimate of drug-likeness (QED) is 0.789. The number of hydrogen-bond donors (Lipinski definition) is 1. The van der Waals surface area contributed by atoms with Gasteiger partial charge in [0.2, 0.25) is 0 Å². The number of rotatable bonds is 5. The Hall–Kier alpha value is -0.860. The normalized spacial score (nSPS) is 20.4. The molecule has 1 aliphatic rings. The zero-order valence-electron chi connectivity index (χ0n) is 10.7. The van der Waals surface area contributed by atoms with Crippen LogP contribution in [0.25, 0.3) is 0 Å². The summed E-state index contributed by atoms with van der Waals surface area (Å²) < 4.78 is 5.76. The number of benzene rings is 1. The van der Waals surface area contributed by atoms with Crippen molar-refractivity contribution in [1.29, 1.82) is 0 Å². The molecule has 2 nitrogen and oxygen atoms in total. The van der Waals surface area contributed by atoms with Gasteiger partial charge >= 0.3 is 0 Å². The zero-order valence-corrected chi connectivity index (χ0v) is 10.7. The lowest BCUT2D eigenvalue weighted by atomic mass is 10.0. The molecular weight excluding hydrogens is 210 g/mol. The van der Waals surface area contributed by atoms with Crippen LogP contribution in [0.4, 0.5) is 0 Å². The monoisotopic (exact) mass is 233 g/mol. The van der Waals surface area contributed by atoms with Crippen LogP contribution in [0.2, 0.25) is 0 Å². The summed E-state index contributed by atoms with van der Waals surface area (Å²) in [5.74, 6) is 0. The lowest BCUT2D eigenvalue weighted by molar-refractivity contribution is 0.108. The number of aryl methyl sites for hydroxylation is 1. The van der Waals surface area contributed by atoms with Crippen LogP contribution in [0.1, 0.15) is 36.8 Å². The molecule has 1 aliphatic heterocycles. The fraction of sp³-hybridized carbons (Fsp3) is 0.600. The molecule has 0 spiro atoms. The van der Waals surface area contributed by atoms with E-state index >= 15 is 0 Å². The van der Waals surface area contributed by atoms with E-state index in [1.165, 1.54) is 36.9 Å². The molecule has 1 heterocycles. The average Bonchev–Trinajstić information content (AvgIpc) is 2.38. The van der Waals surface area contributed by atoms with E-state index in [1.807, 2.05) is 0 Å². The highest BCUT2D eigenvalue weighted by Crippen LogP contribution is 2.12. The summed E-state index contributed by atoms with van der Waals surface area (Å²) in [5.41, 5.74) is 2.63. The minimum atomic E-state index is 0.681. The molecule has 0 aliphatic carbocycles. The fourth-order valence-electron chi connectivity index (χ4n) is 2.35. The molecule has 1 aromatic carbocycles. The SMILES string of the molecule is Cc1ccccc1COCCC1CCCCN1. The summed E-state index contributed by atoms with van der Waals surface area (Å²) >= 11 is 0. The van der Waals surface area contributed by atoms with Crippen molar-refractivity contribution < 1.29 is 4.74 Å². The molecule has 0 radical (unpaired) electrons. The van der Waals surface area contributed by atoms with Crippen molar-refractivity contribution in [2.45, 2.75) is 45.3 Å². The first-order chi connectivity index (χ1) is 8.36. The summed E-state index contributed by atoms with van der Waals surface area (Å²) in [6.07, 6.45) is 5.16. The molecule has 1 fully saturated rings. The lowest BCUT2D eigenvalue weighted by Gasteiger charge is -2.23. The second-order valence-electron chi connectivity index (χ2n) is 4.91. The van der Waals surface area contributed by atoms with E-state index in [-0.39, 0.29) is 0 Å². The van der Waals surface area contributed by atoms with Gasteiger partial charge in [-0.3, -0.25) is 0 Å². The largest absolute Gasteiger partial charge is 0.377 e. The molecule has 94 valence electrons. The Balaban J connectivity index is 1.64. The standard InChI is InChI=1S/C15H23NO/c1-13-6-2-3-7-14(13)12-17-11-9-15-8-4-5-10-16-15/h2-3,6-7,15-16H,4-5,8-12H2,1H3. The van der Waals surface area contributed by atoms with Gasteiger partial charge in [-0.25, -0.2) is 0 Å². The van der Waals surface area contributed by atoms with Gasteiger partial charge in [-0.2, -0.15) is 0 Å². The molecule has 1 saturated heterocycles. The van der Waals surface area contributed by atoms with Crippen LogP contribution in [0.15, 0.2) is 24.3 Å². The van der Waals surface area contributed by atoms with Gasteiger partial charge in [-0.1, -0.05) is 30.7 Å². The first kappa shape index (κ1) is 12.6. The van der Waals surface area contributed by atoms with Crippen molar-refractivity contribution in [3.63, 3.8) is 0 Å². The Kier molecular flexibility index (Phi) is 5.02. The summed E-state index contributed by atoms with van der Waals surface area (Å²) in [7, 11) is 0. The lowest BCUT2D eigenvalue weighted by Crippen LogP contribution is -2.34. The molecule has 0 saturated carbocycles. The van der Waals surface area contributed by atoms with Crippen LogP contribution >= 0.6 is 0 Å². The molecule has 1 atom stereocenters. The zero-order chi connectivity index (χ0) is 11.9. The molecule has 0 bridgehead atoms. The van der Waals surface area contributed by atoms with Crippen LogP contribution < -0.4 is 5.32 Å². The van der Waals surface area contributed by atoms with Crippen molar-refractivity contribution in [3.05, 3.63) is 35.4 Å². The summed E-state index contributed by atoms with van der Waals surface area (Å²) in [6, 6.07) is 9.12. The van der Waals surface area contributed by atoms with E-state index in [0.717, 1.165) is 19.6 Å². The molecule has 1 N–H and O–H groups in total. The maximum atomic E-state index is 5.76. The topological polar surface area (TPSA) is 21.3 Å². The molecule has 1 unspecified atom stereocenters. The van der Waals surface area contributed by atoms with Crippen molar-refractivity contribution in [3.8, 4) is 0 Å². The van der Waals surface area contributed by atoms with Gasteiger partial charge in [0.15, 0.2) is 0 Å². The van der Waals surface area contributed by atoms with Crippen molar-refractivity contribution in [2.75, 3.05) is 13.2 Å². The highest BCUT2D eigenvalue weighted by molar-refractivity contribution is 5.24. The summed E-state index contributed by atoms with van der Waals surface area (Å²) in [5, 5.41) is 3.55. The van der Waals surface area contributed by atoms with E-state index in [0.29, 0.717) is 6.04 Å². The van der Waals surface area contributed by atoms with Crippen molar-refractivity contribution in [2.24, 2.45) is 0 Å². The third-order valence-electron chi connectivity index (χ3n) is 3.54. The van der Waals surface area contributed by atoms with Gasteiger partial charge in [0.05, 0.1) is 6.61 Å². The third kappa shape index (κ3) is 4.14. The predicted molar refractivity (Wildman–Crippen MR) is 71.1 cm³/mol. The van der Waals surface area contributed by atoms with Gasteiger partial charge in [-0.15, -0.1) is 0 Å². The van der Waals surface area contributed by atoms with Gasteiger partial charge in [0.1, 0.15) is 0 Å². The molecule has 0 amide bonds. The second kappa shape index (κ2) is 6.77. The fourth-order valence-corrected chi connectivity index (χ4v) is 2.35. The number of nitrogens with one attached hydrogen (secondary N) is 1. The van der Waals surface area contributed by atoms with Crippen LogP contribution in [0.5, 0.6) is 0 Å². The van der Waals surface area contributed by atoms with Gasteiger partial charge in [0, 0.05) is 12.6 Å². The third-order valence-corrected chi connectivity index (χ3v) is 3.54. The molecule has 2 heteroatoms. The first-order valence-electron chi connectivity index (χ1n) is 6.72. The van der Waals surface area contributed by atoms with E-state index < -0.39 is 0 Å². The maximum absolute atomic E-state index is 5.76. The van der Waals surface area contributed by atoms with Gasteiger partial charge in [0.25, 0.3) is 0 Å². The van der Waals surface area contributed by atoms with Crippen LogP contribution in [0, 0.1) is 6.92 Å².